The van der Waals surface area contributed by atoms with Gasteiger partial charge in [0.1, 0.15) is 0 Å². The first-order chi connectivity index (χ1) is 24.3. The standard InChI is InChI=1S/C48H33N/c1-3-11-34(12-4-1)37-19-21-40-32-38(20-22-39(40)31-37)35-23-27-43(28-24-35)49(42-14-5-2-6-15-42)44-29-25-36(26-30-44)48-33-41-13-7-8-16-45(41)46-17-9-10-18-47(46)48/h1-33H. The average Bonchev–Trinajstić information content (AvgIpc) is 3.19. The molecule has 0 aliphatic carbocycles. The van der Waals surface area contributed by atoms with Gasteiger partial charge >= 0.3 is 0 Å². The van der Waals surface area contributed by atoms with Gasteiger partial charge in [-0.1, -0.05) is 146 Å². The molecule has 0 radical (unpaired) electrons. The summed E-state index contributed by atoms with van der Waals surface area (Å²) in [7, 11) is 0. The van der Waals surface area contributed by atoms with E-state index in [9.17, 15) is 0 Å². The normalized spacial score (nSPS) is 11.3. The Kier molecular flexibility index (Phi) is 7.22. The molecule has 0 fully saturated rings. The molecule has 0 aliphatic heterocycles. The van der Waals surface area contributed by atoms with Crippen molar-refractivity contribution in [3.8, 4) is 33.4 Å². The van der Waals surface area contributed by atoms with Crippen LogP contribution in [0.1, 0.15) is 0 Å². The smallest absolute Gasteiger partial charge is 0.0462 e. The molecule has 0 aliphatic rings. The monoisotopic (exact) mass is 623 g/mol. The van der Waals surface area contributed by atoms with Crippen molar-refractivity contribution >= 4 is 49.4 Å². The number of hydrogen-bond donors (Lipinski definition) is 0. The highest BCUT2D eigenvalue weighted by atomic mass is 15.1. The zero-order chi connectivity index (χ0) is 32.6. The first-order valence-electron chi connectivity index (χ1n) is 16.8. The van der Waals surface area contributed by atoms with E-state index < -0.39 is 0 Å². The van der Waals surface area contributed by atoms with Crippen molar-refractivity contribution in [3.63, 3.8) is 0 Å². The molecule has 0 heterocycles. The van der Waals surface area contributed by atoms with Crippen molar-refractivity contribution in [2.24, 2.45) is 0 Å². The molecule has 0 amide bonds. The predicted octanol–water partition coefficient (Wildman–Crippen LogP) is 13.6. The molecular formula is C48H33N. The van der Waals surface area contributed by atoms with Crippen LogP contribution in [0, 0.1) is 0 Å². The lowest BCUT2D eigenvalue weighted by Gasteiger charge is -2.26. The highest BCUT2D eigenvalue weighted by molar-refractivity contribution is 6.13. The molecule has 0 N–H and O–H groups in total. The van der Waals surface area contributed by atoms with Crippen molar-refractivity contribution in [1.82, 2.24) is 0 Å². The Bertz CT molecular complexity index is 2570. The molecule has 0 unspecified atom stereocenters. The Labute approximate surface area is 287 Å². The molecule has 1 heteroatoms. The van der Waals surface area contributed by atoms with E-state index in [0.29, 0.717) is 0 Å². The van der Waals surface area contributed by atoms with Gasteiger partial charge in [-0.2, -0.15) is 0 Å². The van der Waals surface area contributed by atoms with Crippen molar-refractivity contribution in [1.29, 1.82) is 0 Å². The lowest BCUT2D eigenvalue weighted by atomic mass is 9.93. The summed E-state index contributed by atoms with van der Waals surface area (Å²) in [4.78, 5) is 2.33. The summed E-state index contributed by atoms with van der Waals surface area (Å²) in [5.41, 5.74) is 10.7. The fourth-order valence-corrected chi connectivity index (χ4v) is 7.15. The van der Waals surface area contributed by atoms with Gasteiger partial charge in [-0.15, -0.1) is 0 Å². The van der Waals surface area contributed by atoms with E-state index in [1.165, 1.54) is 65.7 Å². The Morgan fingerprint density at radius 1 is 0.245 bits per heavy atom. The highest BCUT2D eigenvalue weighted by Gasteiger charge is 2.14. The molecule has 0 aromatic heterocycles. The third-order valence-electron chi connectivity index (χ3n) is 9.63. The second-order valence-electron chi connectivity index (χ2n) is 12.6. The van der Waals surface area contributed by atoms with Crippen molar-refractivity contribution in [3.05, 3.63) is 200 Å². The number of nitrogens with zero attached hydrogens (tertiary/aromatic N) is 1. The molecule has 230 valence electrons. The van der Waals surface area contributed by atoms with Crippen molar-refractivity contribution in [2.45, 2.75) is 0 Å². The summed E-state index contributed by atoms with van der Waals surface area (Å²) >= 11 is 0. The van der Waals surface area contributed by atoms with E-state index in [1.807, 2.05) is 0 Å². The molecule has 0 saturated carbocycles. The predicted molar refractivity (Wildman–Crippen MR) is 210 cm³/mol. The third kappa shape index (κ3) is 5.42. The van der Waals surface area contributed by atoms with Gasteiger partial charge in [-0.05, 0) is 120 Å². The van der Waals surface area contributed by atoms with E-state index in [2.05, 4.69) is 205 Å². The topological polar surface area (TPSA) is 3.24 Å². The maximum atomic E-state index is 2.33. The molecule has 0 atom stereocenters. The van der Waals surface area contributed by atoms with Gasteiger partial charge in [-0.25, -0.2) is 0 Å². The average molecular weight is 624 g/mol. The first kappa shape index (κ1) is 28.8. The van der Waals surface area contributed by atoms with Crippen LogP contribution in [0.3, 0.4) is 0 Å². The summed E-state index contributed by atoms with van der Waals surface area (Å²) in [5.74, 6) is 0. The lowest BCUT2D eigenvalue weighted by molar-refractivity contribution is 1.28. The van der Waals surface area contributed by atoms with Gasteiger partial charge in [0.15, 0.2) is 0 Å². The number of anilines is 3. The van der Waals surface area contributed by atoms with Gasteiger partial charge in [0.05, 0.1) is 0 Å². The van der Waals surface area contributed by atoms with E-state index in [4.69, 9.17) is 0 Å². The highest BCUT2D eigenvalue weighted by Crippen LogP contribution is 2.39. The van der Waals surface area contributed by atoms with Crippen LogP contribution in [0.5, 0.6) is 0 Å². The van der Waals surface area contributed by atoms with Crippen molar-refractivity contribution < 1.29 is 0 Å². The van der Waals surface area contributed by atoms with Crippen LogP contribution >= 0.6 is 0 Å². The molecular weight excluding hydrogens is 591 g/mol. The van der Waals surface area contributed by atoms with E-state index in [0.717, 1.165) is 17.1 Å². The molecule has 1 nitrogen and oxygen atoms in total. The second-order valence-corrected chi connectivity index (χ2v) is 12.6. The van der Waals surface area contributed by atoms with Crippen LogP contribution in [0.15, 0.2) is 200 Å². The van der Waals surface area contributed by atoms with Crippen LogP contribution in [0.2, 0.25) is 0 Å². The molecule has 0 saturated heterocycles. The third-order valence-corrected chi connectivity index (χ3v) is 9.63. The Morgan fingerprint density at radius 3 is 1.33 bits per heavy atom. The molecule has 9 aromatic carbocycles. The van der Waals surface area contributed by atoms with E-state index in [-0.39, 0.29) is 0 Å². The molecule has 49 heavy (non-hydrogen) atoms. The number of para-hydroxylation sites is 1. The zero-order valence-electron chi connectivity index (χ0n) is 27.0. The lowest BCUT2D eigenvalue weighted by Crippen LogP contribution is -2.09. The van der Waals surface area contributed by atoms with Crippen LogP contribution in [-0.2, 0) is 0 Å². The maximum absolute atomic E-state index is 2.33. The molecule has 0 bridgehead atoms. The Balaban J connectivity index is 1.06. The fourth-order valence-electron chi connectivity index (χ4n) is 7.15. The fraction of sp³-hybridized carbons (Fsp3) is 0. The largest absolute Gasteiger partial charge is 0.311 e. The number of benzene rings is 9. The zero-order valence-corrected chi connectivity index (χ0v) is 27.0. The van der Waals surface area contributed by atoms with E-state index in [1.54, 1.807) is 0 Å². The summed E-state index contributed by atoms with van der Waals surface area (Å²) < 4.78 is 0. The minimum absolute atomic E-state index is 1.12. The van der Waals surface area contributed by atoms with Gasteiger partial charge in [0.2, 0.25) is 0 Å². The van der Waals surface area contributed by atoms with Crippen LogP contribution in [-0.4, -0.2) is 0 Å². The minimum Gasteiger partial charge on any atom is -0.311 e. The molecule has 9 rings (SSSR count). The van der Waals surface area contributed by atoms with Crippen LogP contribution < -0.4 is 4.90 Å². The summed E-state index contributed by atoms with van der Waals surface area (Å²) in [6.45, 7) is 0. The van der Waals surface area contributed by atoms with Crippen LogP contribution in [0.25, 0.3) is 65.7 Å². The van der Waals surface area contributed by atoms with Gasteiger partial charge in [-0.3, -0.25) is 0 Å². The van der Waals surface area contributed by atoms with Crippen LogP contribution in [0.4, 0.5) is 17.1 Å². The number of hydrogen-bond acceptors (Lipinski definition) is 1. The minimum atomic E-state index is 1.12. The summed E-state index contributed by atoms with van der Waals surface area (Å²) in [6.07, 6.45) is 0. The SMILES string of the molecule is c1ccc(-c2ccc3cc(-c4ccc(N(c5ccccc5)c5ccc(-c6cc7ccccc7c7ccccc67)cc5)cc4)ccc3c2)cc1. The number of fused-ring (bicyclic) bond motifs is 4. The van der Waals surface area contributed by atoms with Gasteiger partial charge in [0, 0.05) is 17.1 Å². The second kappa shape index (κ2) is 12.3. The maximum Gasteiger partial charge on any atom is 0.0462 e. The Morgan fingerprint density at radius 2 is 0.694 bits per heavy atom. The summed E-state index contributed by atoms with van der Waals surface area (Å²) in [6, 6.07) is 72.4. The van der Waals surface area contributed by atoms with Gasteiger partial charge < -0.3 is 4.90 Å². The summed E-state index contributed by atoms with van der Waals surface area (Å²) in [5, 5.41) is 7.60. The van der Waals surface area contributed by atoms with E-state index >= 15 is 0 Å². The Hall–Kier alpha value is -6.44. The molecule has 9 aromatic rings. The molecule has 0 spiro atoms. The number of rotatable bonds is 6. The first-order valence-corrected chi connectivity index (χ1v) is 16.8. The quantitative estimate of drug-likeness (QED) is 0.167. The van der Waals surface area contributed by atoms with Gasteiger partial charge in [0.25, 0.3) is 0 Å². The van der Waals surface area contributed by atoms with Crippen molar-refractivity contribution in [2.75, 3.05) is 4.90 Å².